The summed E-state index contributed by atoms with van der Waals surface area (Å²) in [6.45, 7) is 9.03. The van der Waals surface area contributed by atoms with Crippen LogP contribution in [0.15, 0.2) is 24.4 Å². The minimum absolute atomic E-state index is 0.0685. The van der Waals surface area contributed by atoms with E-state index >= 15 is 0 Å². The number of hydrogen-bond donors (Lipinski definition) is 3. The number of H-pyrrole nitrogens is 1. The molecule has 1 aromatic carbocycles. The van der Waals surface area contributed by atoms with Gasteiger partial charge in [-0.1, -0.05) is 19.1 Å². The normalized spacial score (nSPS) is 16.2. The predicted molar refractivity (Wildman–Crippen MR) is 103 cm³/mol. The molecule has 3 rings (SSSR count). The Bertz CT molecular complexity index is 701. The highest BCUT2D eigenvalue weighted by Crippen LogP contribution is 2.19. The first-order chi connectivity index (χ1) is 12.1. The third-order valence-corrected chi connectivity index (χ3v) is 5.19. The zero-order chi connectivity index (χ0) is 17.6. The van der Waals surface area contributed by atoms with E-state index in [4.69, 9.17) is 0 Å². The maximum Gasteiger partial charge on any atom is 0.314 e. The van der Waals surface area contributed by atoms with Crippen LogP contribution in [0, 0.1) is 12.8 Å². The smallest absolute Gasteiger partial charge is 0.314 e. The van der Waals surface area contributed by atoms with Gasteiger partial charge in [0, 0.05) is 36.7 Å². The van der Waals surface area contributed by atoms with Gasteiger partial charge in [-0.05, 0) is 62.4 Å². The highest BCUT2D eigenvalue weighted by Gasteiger charge is 2.15. The molecule has 0 saturated carbocycles. The number of aromatic nitrogens is 1. The van der Waals surface area contributed by atoms with Crippen LogP contribution in [0.1, 0.15) is 30.9 Å². The first kappa shape index (κ1) is 17.8. The molecule has 0 aliphatic carbocycles. The summed E-state index contributed by atoms with van der Waals surface area (Å²) in [5.41, 5.74) is 3.66. The van der Waals surface area contributed by atoms with Gasteiger partial charge in [-0.2, -0.15) is 0 Å². The molecular formula is C20H30N4O. The fraction of sp³-hybridized carbons (Fsp3) is 0.550. The number of nitrogens with zero attached hydrogens (tertiary/aromatic N) is 1. The summed E-state index contributed by atoms with van der Waals surface area (Å²) in [6, 6.07) is 6.36. The van der Waals surface area contributed by atoms with Crippen LogP contribution in [-0.4, -0.2) is 48.6 Å². The molecule has 0 atom stereocenters. The van der Waals surface area contributed by atoms with E-state index in [0.29, 0.717) is 13.1 Å². The number of fused-ring (bicyclic) bond motifs is 1. The Morgan fingerprint density at radius 2 is 2.00 bits per heavy atom. The molecule has 2 amide bonds. The fourth-order valence-electron chi connectivity index (χ4n) is 3.49. The summed E-state index contributed by atoms with van der Waals surface area (Å²) >= 11 is 0. The molecule has 0 spiro atoms. The second kappa shape index (κ2) is 8.39. The molecule has 0 radical (unpaired) electrons. The van der Waals surface area contributed by atoms with Crippen molar-refractivity contribution in [2.45, 2.75) is 33.1 Å². The number of benzene rings is 1. The van der Waals surface area contributed by atoms with E-state index < -0.39 is 0 Å². The fourth-order valence-corrected chi connectivity index (χ4v) is 3.49. The molecule has 25 heavy (non-hydrogen) atoms. The molecule has 5 nitrogen and oxygen atoms in total. The van der Waals surface area contributed by atoms with Crippen LogP contribution in [0.5, 0.6) is 0 Å². The van der Waals surface area contributed by atoms with Crippen LogP contribution >= 0.6 is 0 Å². The van der Waals surface area contributed by atoms with Gasteiger partial charge in [-0.3, -0.25) is 0 Å². The van der Waals surface area contributed by atoms with E-state index in [1.807, 2.05) is 6.20 Å². The van der Waals surface area contributed by atoms with E-state index in [2.05, 4.69) is 52.6 Å². The van der Waals surface area contributed by atoms with Crippen LogP contribution < -0.4 is 10.6 Å². The van der Waals surface area contributed by atoms with E-state index in [9.17, 15) is 4.79 Å². The first-order valence-electron chi connectivity index (χ1n) is 9.42. The van der Waals surface area contributed by atoms with Gasteiger partial charge in [0.05, 0.1) is 0 Å². The first-order valence-corrected chi connectivity index (χ1v) is 9.42. The molecular weight excluding hydrogens is 312 g/mol. The van der Waals surface area contributed by atoms with Crippen molar-refractivity contribution in [3.05, 3.63) is 35.5 Å². The molecule has 1 fully saturated rings. The molecule has 3 N–H and O–H groups in total. The summed E-state index contributed by atoms with van der Waals surface area (Å²) in [6.07, 6.45) is 5.42. The summed E-state index contributed by atoms with van der Waals surface area (Å²) < 4.78 is 0. The van der Waals surface area contributed by atoms with Crippen LogP contribution in [-0.2, 0) is 6.42 Å². The second-order valence-corrected chi connectivity index (χ2v) is 7.32. The van der Waals surface area contributed by atoms with Gasteiger partial charge in [0.2, 0.25) is 0 Å². The number of rotatable bonds is 6. The third kappa shape index (κ3) is 4.98. The van der Waals surface area contributed by atoms with Crippen molar-refractivity contribution in [3.8, 4) is 0 Å². The summed E-state index contributed by atoms with van der Waals surface area (Å²) in [5.74, 6) is 0.848. The molecule has 1 saturated heterocycles. The number of carbonyl (C=O) groups is 1. The molecule has 1 aromatic heterocycles. The van der Waals surface area contributed by atoms with Crippen LogP contribution in [0.25, 0.3) is 10.9 Å². The zero-order valence-corrected chi connectivity index (χ0v) is 15.4. The summed E-state index contributed by atoms with van der Waals surface area (Å²) in [4.78, 5) is 17.7. The van der Waals surface area contributed by atoms with Crippen molar-refractivity contribution in [1.29, 1.82) is 0 Å². The van der Waals surface area contributed by atoms with Crippen molar-refractivity contribution in [1.82, 2.24) is 20.5 Å². The Hall–Kier alpha value is -2.01. The Morgan fingerprint density at radius 1 is 1.24 bits per heavy atom. The Labute approximate surface area is 150 Å². The average Bonchev–Trinajstić information content (AvgIpc) is 2.99. The summed E-state index contributed by atoms with van der Waals surface area (Å²) in [7, 11) is 0. The number of carbonyl (C=O) groups excluding carboxylic acids is 1. The Morgan fingerprint density at radius 3 is 2.80 bits per heavy atom. The number of likely N-dealkylation sites (tertiary alicyclic amines) is 1. The van der Waals surface area contributed by atoms with Crippen molar-refractivity contribution < 1.29 is 4.79 Å². The lowest BCUT2D eigenvalue weighted by Gasteiger charge is -2.30. The highest BCUT2D eigenvalue weighted by atomic mass is 16.2. The van der Waals surface area contributed by atoms with Crippen LogP contribution in [0.4, 0.5) is 4.79 Å². The molecule has 0 bridgehead atoms. The average molecular weight is 342 g/mol. The largest absolute Gasteiger partial charge is 0.361 e. The van der Waals surface area contributed by atoms with Crippen molar-refractivity contribution in [2.75, 3.05) is 32.7 Å². The number of hydrogen-bond acceptors (Lipinski definition) is 2. The minimum atomic E-state index is -0.0685. The molecule has 2 aromatic rings. The lowest BCUT2D eigenvalue weighted by atomic mass is 9.99. The van der Waals surface area contributed by atoms with E-state index in [0.717, 1.165) is 37.5 Å². The maximum atomic E-state index is 11.9. The number of urea groups is 1. The van der Waals surface area contributed by atoms with Crippen LogP contribution in [0.3, 0.4) is 0 Å². The molecule has 2 heterocycles. The number of piperidine rings is 1. The third-order valence-electron chi connectivity index (χ3n) is 5.19. The Balaban J connectivity index is 1.35. The Kier molecular flexibility index (Phi) is 5.97. The maximum absolute atomic E-state index is 11.9. The zero-order valence-electron chi connectivity index (χ0n) is 15.4. The SMILES string of the molecule is Cc1ccc2c(CCNC(=O)NCCN3CCC(C)CC3)c[nH]c2c1. The molecule has 5 heteroatoms. The molecule has 1 aliphatic rings. The highest BCUT2D eigenvalue weighted by molar-refractivity contribution is 5.83. The van der Waals surface area contributed by atoms with Gasteiger partial charge in [-0.25, -0.2) is 4.79 Å². The molecule has 1 aliphatic heterocycles. The summed E-state index contributed by atoms with van der Waals surface area (Å²) in [5, 5.41) is 7.17. The number of amides is 2. The van der Waals surface area contributed by atoms with Crippen molar-refractivity contribution in [3.63, 3.8) is 0 Å². The van der Waals surface area contributed by atoms with Gasteiger partial charge in [0.1, 0.15) is 0 Å². The molecule has 136 valence electrons. The lowest BCUT2D eigenvalue weighted by Crippen LogP contribution is -2.42. The minimum Gasteiger partial charge on any atom is -0.361 e. The van der Waals surface area contributed by atoms with Gasteiger partial charge in [0.25, 0.3) is 0 Å². The van der Waals surface area contributed by atoms with Gasteiger partial charge >= 0.3 is 6.03 Å². The number of nitrogens with one attached hydrogen (secondary N) is 3. The topological polar surface area (TPSA) is 60.2 Å². The number of aromatic amines is 1. The van der Waals surface area contributed by atoms with Crippen molar-refractivity contribution >= 4 is 16.9 Å². The predicted octanol–water partition coefficient (Wildman–Crippen LogP) is 3.05. The van der Waals surface area contributed by atoms with Crippen molar-refractivity contribution in [2.24, 2.45) is 5.92 Å². The van der Waals surface area contributed by atoms with Gasteiger partial charge in [0.15, 0.2) is 0 Å². The van der Waals surface area contributed by atoms with Crippen LogP contribution in [0.2, 0.25) is 0 Å². The monoisotopic (exact) mass is 342 g/mol. The van der Waals surface area contributed by atoms with Gasteiger partial charge < -0.3 is 20.5 Å². The van der Waals surface area contributed by atoms with Gasteiger partial charge in [-0.15, -0.1) is 0 Å². The van der Waals surface area contributed by atoms with E-state index in [-0.39, 0.29) is 6.03 Å². The lowest BCUT2D eigenvalue weighted by molar-refractivity contribution is 0.191. The standard InChI is InChI=1S/C20H30N4O/c1-15-6-10-24(11-7-15)12-9-22-20(25)21-8-5-17-14-23-19-13-16(2)3-4-18(17)19/h3-4,13-15,23H,5-12H2,1-2H3,(H2,21,22,25). The molecule has 0 unspecified atom stereocenters. The van der Waals surface area contributed by atoms with E-state index in [1.54, 1.807) is 0 Å². The van der Waals surface area contributed by atoms with E-state index in [1.165, 1.54) is 29.4 Å². The second-order valence-electron chi connectivity index (χ2n) is 7.32. The number of aryl methyl sites for hydroxylation is 1. The quantitative estimate of drug-likeness (QED) is 0.756.